The minimum Gasteiger partial charge on any atom is -0.394 e. The molecular weight excluding hydrogens is 443 g/mol. The topological polar surface area (TPSA) is 129 Å². The number of rotatable bonds is 4. The van der Waals surface area contributed by atoms with Crippen LogP contribution in [0.3, 0.4) is 0 Å². The van der Waals surface area contributed by atoms with Crippen molar-refractivity contribution in [3.05, 3.63) is 20.1 Å². The number of nitrogens with zero attached hydrogens (tertiary/aromatic N) is 2. The lowest BCUT2D eigenvalue weighted by molar-refractivity contribution is -0.118. The lowest BCUT2D eigenvalue weighted by atomic mass is 10.2. The van der Waals surface area contributed by atoms with Gasteiger partial charge in [-0.3, -0.25) is 19.9 Å². The number of carbonyl (C=O) groups is 1. The number of hydrogen-bond acceptors (Lipinski definition) is 6. The molecular formula is C15H19IN4O5. The van der Waals surface area contributed by atoms with Crippen LogP contribution in [0.2, 0.25) is 0 Å². The Bertz CT molecular complexity index is 861. The van der Waals surface area contributed by atoms with Crippen molar-refractivity contribution in [2.45, 2.75) is 38.7 Å². The van der Waals surface area contributed by atoms with Crippen LogP contribution in [0.15, 0.2) is 11.0 Å². The van der Waals surface area contributed by atoms with E-state index in [0.29, 0.717) is 14.6 Å². The molecule has 136 valence electrons. The fraction of sp³-hybridized carbons (Fsp3) is 0.533. The van der Waals surface area contributed by atoms with Crippen LogP contribution in [0.5, 0.6) is 0 Å². The number of carbonyl (C=O) groups excluding carboxylic acids is 1. The van der Waals surface area contributed by atoms with Crippen LogP contribution in [0.25, 0.3) is 11.0 Å². The van der Waals surface area contributed by atoms with Crippen molar-refractivity contribution in [3.8, 4) is 0 Å². The van der Waals surface area contributed by atoms with Crippen molar-refractivity contribution in [2.75, 3.05) is 11.9 Å². The summed E-state index contributed by atoms with van der Waals surface area (Å²) in [5.41, 5.74) is -0.0209. The zero-order valence-electron chi connectivity index (χ0n) is 13.7. The van der Waals surface area contributed by atoms with E-state index in [9.17, 15) is 19.8 Å². The molecule has 0 spiro atoms. The maximum absolute atomic E-state index is 12.4. The molecule has 0 bridgehead atoms. The van der Waals surface area contributed by atoms with Gasteiger partial charge < -0.3 is 19.5 Å². The third-order valence-corrected chi connectivity index (χ3v) is 4.91. The van der Waals surface area contributed by atoms with E-state index in [-0.39, 0.29) is 36.4 Å². The molecule has 0 unspecified atom stereocenters. The van der Waals surface area contributed by atoms with Crippen LogP contribution in [-0.2, 0) is 9.53 Å². The van der Waals surface area contributed by atoms with E-state index in [4.69, 9.17) is 4.74 Å². The summed E-state index contributed by atoms with van der Waals surface area (Å²) in [7, 11) is 0. The second kappa shape index (κ2) is 7.02. The number of halogens is 1. The maximum atomic E-state index is 12.4. The number of nitrogens with one attached hydrogen (secondary N) is 2. The predicted octanol–water partition coefficient (Wildman–Crippen LogP) is 0.564. The Kier molecular flexibility index (Phi) is 5.14. The standard InChI is InChI=1S/C15H19IN4O5/c1-6(2)13(23)18-15-17-12-11(14(24)19-15)7(16)4-20(12)10-3-8(22)9(5-21)25-10/h4,6,8-10,21-22H,3,5H2,1-2H3,(H2,17,18,19,23,24)/t8-,9+,10-/m0/s1. The Balaban J connectivity index is 2.04. The molecule has 0 radical (unpaired) electrons. The third-order valence-electron chi connectivity index (χ3n) is 4.10. The molecule has 2 aromatic rings. The van der Waals surface area contributed by atoms with Gasteiger partial charge in [-0.2, -0.15) is 4.98 Å². The SMILES string of the molecule is CC(C)C(=O)Nc1nc2c(c(I)cn2[C@@H]2C[C@H](O)[C@@H](CO)O2)c(=O)[nH]1. The van der Waals surface area contributed by atoms with E-state index in [1.165, 1.54) is 0 Å². The van der Waals surface area contributed by atoms with Gasteiger partial charge in [-0.05, 0) is 22.6 Å². The minimum atomic E-state index is -0.799. The van der Waals surface area contributed by atoms with E-state index in [1.54, 1.807) is 24.6 Å². The number of aromatic nitrogens is 3. The van der Waals surface area contributed by atoms with Crippen molar-refractivity contribution in [1.29, 1.82) is 0 Å². The molecule has 1 fully saturated rings. The number of amides is 1. The highest BCUT2D eigenvalue weighted by molar-refractivity contribution is 14.1. The number of anilines is 1. The Hall–Kier alpha value is -1.50. The zero-order valence-corrected chi connectivity index (χ0v) is 15.9. The summed E-state index contributed by atoms with van der Waals surface area (Å²) in [5.74, 6) is -0.459. The van der Waals surface area contributed by atoms with Crippen molar-refractivity contribution in [3.63, 3.8) is 0 Å². The molecule has 0 saturated carbocycles. The van der Waals surface area contributed by atoms with E-state index in [1.807, 2.05) is 22.6 Å². The average Bonchev–Trinajstić information content (AvgIpc) is 3.07. The first-order valence-corrected chi connectivity index (χ1v) is 8.95. The highest BCUT2D eigenvalue weighted by atomic mass is 127. The highest BCUT2D eigenvalue weighted by Crippen LogP contribution is 2.32. The molecule has 1 aliphatic rings. The van der Waals surface area contributed by atoms with Crippen LogP contribution >= 0.6 is 22.6 Å². The van der Waals surface area contributed by atoms with Crippen molar-refractivity contribution in [1.82, 2.24) is 14.5 Å². The van der Waals surface area contributed by atoms with Crippen molar-refractivity contribution in [2.24, 2.45) is 5.92 Å². The van der Waals surface area contributed by atoms with Crippen LogP contribution in [0.1, 0.15) is 26.5 Å². The first-order valence-electron chi connectivity index (χ1n) is 7.87. The Morgan fingerprint density at radius 3 is 2.92 bits per heavy atom. The fourth-order valence-corrected chi connectivity index (χ4v) is 3.49. The normalized spacial score (nSPS) is 23.5. The summed E-state index contributed by atoms with van der Waals surface area (Å²) in [6.07, 6.45) is -0.0538. The summed E-state index contributed by atoms with van der Waals surface area (Å²) in [4.78, 5) is 31.2. The highest BCUT2D eigenvalue weighted by Gasteiger charge is 2.35. The molecule has 0 aromatic carbocycles. The Labute approximate surface area is 156 Å². The summed E-state index contributed by atoms with van der Waals surface area (Å²) in [6.45, 7) is 3.18. The number of ether oxygens (including phenoxy) is 1. The summed E-state index contributed by atoms with van der Waals surface area (Å²) < 4.78 is 7.97. The van der Waals surface area contributed by atoms with Gasteiger partial charge in [-0.25, -0.2) is 0 Å². The number of H-pyrrole nitrogens is 1. The van der Waals surface area contributed by atoms with E-state index >= 15 is 0 Å². The molecule has 1 amide bonds. The zero-order chi connectivity index (χ0) is 18.3. The van der Waals surface area contributed by atoms with Gasteiger partial charge in [0.25, 0.3) is 5.56 Å². The molecule has 10 heteroatoms. The average molecular weight is 462 g/mol. The van der Waals surface area contributed by atoms with E-state index in [0.717, 1.165) is 0 Å². The molecule has 3 heterocycles. The summed E-state index contributed by atoms with van der Waals surface area (Å²) in [6, 6.07) is 0. The second-order valence-electron chi connectivity index (χ2n) is 6.26. The molecule has 2 aromatic heterocycles. The number of fused-ring (bicyclic) bond motifs is 1. The Morgan fingerprint density at radius 1 is 1.60 bits per heavy atom. The van der Waals surface area contributed by atoms with Gasteiger partial charge in [-0.1, -0.05) is 13.8 Å². The lowest BCUT2D eigenvalue weighted by Gasteiger charge is -2.14. The van der Waals surface area contributed by atoms with E-state index < -0.39 is 18.4 Å². The van der Waals surface area contributed by atoms with Gasteiger partial charge in [0.1, 0.15) is 12.3 Å². The molecule has 9 nitrogen and oxygen atoms in total. The molecule has 1 saturated heterocycles. The van der Waals surface area contributed by atoms with Gasteiger partial charge in [0, 0.05) is 22.1 Å². The van der Waals surface area contributed by atoms with Crippen molar-refractivity contribution < 1.29 is 19.7 Å². The van der Waals surface area contributed by atoms with Crippen molar-refractivity contribution >= 4 is 45.5 Å². The van der Waals surface area contributed by atoms with Crippen LogP contribution in [0, 0.1) is 9.49 Å². The third kappa shape index (κ3) is 3.43. The minimum absolute atomic E-state index is 0.0594. The van der Waals surface area contributed by atoms with Crippen LogP contribution < -0.4 is 10.9 Å². The first kappa shape index (κ1) is 18.3. The van der Waals surface area contributed by atoms with Gasteiger partial charge in [0.2, 0.25) is 11.9 Å². The van der Waals surface area contributed by atoms with Crippen LogP contribution in [-0.4, -0.2) is 49.5 Å². The number of aromatic amines is 1. The van der Waals surface area contributed by atoms with Gasteiger partial charge in [0.05, 0.1) is 18.1 Å². The van der Waals surface area contributed by atoms with Gasteiger partial charge in [-0.15, -0.1) is 0 Å². The monoisotopic (exact) mass is 462 g/mol. The molecule has 3 rings (SSSR count). The smallest absolute Gasteiger partial charge is 0.262 e. The Morgan fingerprint density at radius 2 is 2.32 bits per heavy atom. The molecule has 0 aliphatic carbocycles. The number of aliphatic hydroxyl groups excluding tert-OH is 2. The van der Waals surface area contributed by atoms with Gasteiger partial charge in [0.15, 0.2) is 5.65 Å². The number of hydrogen-bond donors (Lipinski definition) is 4. The second-order valence-corrected chi connectivity index (χ2v) is 7.42. The molecule has 4 N–H and O–H groups in total. The first-order chi connectivity index (χ1) is 11.8. The molecule has 3 atom stereocenters. The largest absolute Gasteiger partial charge is 0.394 e. The lowest BCUT2D eigenvalue weighted by Crippen LogP contribution is -2.24. The summed E-state index contributed by atoms with van der Waals surface area (Å²) in [5, 5.41) is 22.1. The predicted molar refractivity (Wildman–Crippen MR) is 98.2 cm³/mol. The van der Waals surface area contributed by atoms with Crippen LogP contribution in [0.4, 0.5) is 5.95 Å². The quantitative estimate of drug-likeness (QED) is 0.492. The maximum Gasteiger partial charge on any atom is 0.262 e. The van der Waals surface area contributed by atoms with Gasteiger partial charge >= 0.3 is 0 Å². The van der Waals surface area contributed by atoms with E-state index in [2.05, 4.69) is 15.3 Å². The summed E-state index contributed by atoms with van der Waals surface area (Å²) >= 11 is 2.02. The number of aliphatic hydroxyl groups is 2. The fourth-order valence-electron chi connectivity index (χ4n) is 2.70. The molecule has 25 heavy (non-hydrogen) atoms. The molecule has 1 aliphatic heterocycles.